The summed E-state index contributed by atoms with van der Waals surface area (Å²) in [5.41, 5.74) is 1.62. The molecule has 2 N–H and O–H groups in total. The first kappa shape index (κ1) is 18.0. The van der Waals surface area contributed by atoms with E-state index in [1.165, 1.54) is 29.5 Å². The van der Waals surface area contributed by atoms with Crippen LogP contribution in [0.15, 0.2) is 53.9 Å². The van der Waals surface area contributed by atoms with Crippen molar-refractivity contribution in [2.75, 3.05) is 12.4 Å². The van der Waals surface area contributed by atoms with Crippen molar-refractivity contribution in [2.45, 2.75) is 0 Å². The second kappa shape index (κ2) is 8.03. The minimum atomic E-state index is -0.618. The molecular formula is C18H14FN3O2S2. The first-order valence-electron chi connectivity index (χ1n) is 7.53. The maximum atomic E-state index is 13.6. The van der Waals surface area contributed by atoms with Crippen molar-refractivity contribution in [3.05, 3.63) is 65.3 Å². The van der Waals surface area contributed by atoms with Crippen molar-refractivity contribution in [1.29, 1.82) is 0 Å². The highest BCUT2D eigenvalue weighted by Crippen LogP contribution is 2.26. The molecule has 8 heteroatoms. The van der Waals surface area contributed by atoms with Gasteiger partial charge in [-0.2, -0.15) is 0 Å². The number of rotatable bonds is 4. The number of hydrogen-bond acceptors (Lipinski definition) is 5. The lowest BCUT2D eigenvalue weighted by atomic mass is 10.2. The average molecular weight is 387 g/mol. The van der Waals surface area contributed by atoms with Crippen molar-refractivity contribution >= 4 is 39.7 Å². The fraction of sp³-hybridized carbons (Fsp3) is 0.0556. The normalized spacial score (nSPS) is 10.2. The number of hydrogen-bond donors (Lipinski definition) is 2. The number of aromatic nitrogens is 1. The number of amides is 1. The van der Waals surface area contributed by atoms with Gasteiger partial charge in [-0.15, -0.1) is 11.3 Å². The molecule has 0 aliphatic rings. The molecule has 1 amide bonds. The van der Waals surface area contributed by atoms with E-state index in [1.807, 2.05) is 29.6 Å². The van der Waals surface area contributed by atoms with E-state index in [0.29, 0.717) is 5.13 Å². The van der Waals surface area contributed by atoms with E-state index < -0.39 is 11.7 Å². The first-order chi connectivity index (χ1) is 12.6. The number of thiocarbonyl (C=S) groups is 1. The number of carbonyl (C=O) groups is 1. The molecule has 0 atom stereocenters. The molecule has 0 bridgehead atoms. The number of halogens is 1. The summed E-state index contributed by atoms with van der Waals surface area (Å²) in [6.07, 6.45) is 0. The van der Waals surface area contributed by atoms with Crippen LogP contribution in [0.1, 0.15) is 10.4 Å². The van der Waals surface area contributed by atoms with E-state index >= 15 is 0 Å². The number of nitrogens with zero attached hydrogens (tertiary/aromatic N) is 1. The molecule has 2 aromatic carbocycles. The zero-order valence-electron chi connectivity index (χ0n) is 13.7. The third kappa shape index (κ3) is 4.22. The lowest BCUT2D eigenvalue weighted by Crippen LogP contribution is -2.34. The highest BCUT2D eigenvalue weighted by atomic mass is 32.1. The topological polar surface area (TPSA) is 63.2 Å². The first-order valence-corrected chi connectivity index (χ1v) is 8.82. The van der Waals surface area contributed by atoms with Crippen molar-refractivity contribution in [2.24, 2.45) is 0 Å². The predicted molar refractivity (Wildman–Crippen MR) is 104 cm³/mol. The van der Waals surface area contributed by atoms with Gasteiger partial charge in [0.2, 0.25) is 0 Å². The van der Waals surface area contributed by atoms with E-state index in [-0.39, 0.29) is 10.7 Å². The highest BCUT2D eigenvalue weighted by Gasteiger charge is 2.13. The molecule has 132 valence electrons. The number of nitrogens with one attached hydrogen (secondary N) is 2. The minimum Gasteiger partial charge on any atom is -0.497 e. The third-order valence-electron chi connectivity index (χ3n) is 3.46. The van der Waals surface area contributed by atoms with Crippen molar-refractivity contribution in [1.82, 2.24) is 10.3 Å². The van der Waals surface area contributed by atoms with Crippen LogP contribution in [-0.2, 0) is 0 Å². The Labute approximate surface area is 158 Å². The van der Waals surface area contributed by atoms with Gasteiger partial charge in [-0.1, -0.05) is 12.1 Å². The SMILES string of the molecule is COc1ccc(-c2csc(NC(=S)NC(=O)c3ccccc3F)n2)cc1. The van der Waals surface area contributed by atoms with Crippen molar-refractivity contribution < 1.29 is 13.9 Å². The molecule has 3 rings (SSSR count). The summed E-state index contributed by atoms with van der Waals surface area (Å²) in [4.78, 5) is 16.5. The van der Waals surface area contributed by atoms with Crippen molar-refractivity contribution in [3.8, 4) is 17.0 Å². The molecule has 0 aliphatic carbocycles. The standard InChI is InChI=1S/C18H14FN3O2S2/c1-24-12-8-6-11(7-9-12)15-10-26-18(20-15)22-17(25)21-16(23)13-4-2-3-5-14(13)19/h2-10H,1H3,(H2,20,21,22,23,25). The van der Waals surface area contributed by atoms with E-state index in [1.54, 1.807) is 13.2 Å². The molecule has 0 fully saturated rings. The number of carbonyl (C=O) groups excluding carboxylic acids is 1. The van der Waals surface area contributed by atoms with Crippen molar-refractivity contribution in [3.63, 3.8) is 0 Å². The largest absolute Gasteiger partial charge is 0.497 e. The maximum Gasteiger partial charge on any atom is 0.260 e. The fourth-order valence-corrected chi connectivity index (χ4v) is 3.15. The molecular weight excluding hydrogens is 373 g/mol. The molecule has 26 heavy (non-hydrogen) atoms. The maximum absolute atomic E-state index is 13.6. The van der Waals surface area contributed by atoms with Gasteiger partial charge in [0.05, 0.1) is 18.4 Å². The van der Waals surface area contributed by atoms with E-state index in [0.717, 1.165) is 17.0 Å². The number of benzene rings is 2. The Balaban J connectivity index is 1.64. The van der Waals surface area contributed by atoms with Crippen LogP contribution in [0.4, 0.5) is 9.52 Å². The van der Waals surface area contributed by atoms with Gasteiger partial charge in [0.15, 0.2) is 10.2 Å². The average Bonchev–Trinajstić information content (AvgIpc) is 3.10. The number of thiazole rings is 1. The zero-order chi connectivity index (χ0) is 18.5. The summed E-state index contributed by atoms with van der Waals surface area (Å²) >= 11 is 6.44. The van der Waals surface area contributed by atoms with Gasteiger partial charge in [0.25, 0.3) is 5.91 Å². The Kier molecular flexibility index (Phi) is 5.55. The van der Waals surface area contributed by atoms with Gasteiger partial charge < -0.3 is 10.1 Å². The molecule has 1 heterocycles. The molecule has 3 aromatic rings. The Bertz CT molecular complexity index is 942. The Morgan fingerprint density at radius 1 is 1.19 bits per heavy atom. The minimum absolute atomic E-state index is 0.0499. The van der Waals surface area contributed by atoms with E-state index in [4.69, 9.17) is 17.0 Å². The molecule has 0 saturated carbocycles. The summed E-state index contributed by atoms with van der Waals surface area (Å²) in [6.45, 7) is 0. The molecule has 0 aliphatic heterocycles. The Morgan fingerprint density at radius 3 is 2.62 bits per heavy atom. The van der Waals surface area contributed by atoms with Gasteiger partial charge >= 0.3 is 0 Å². The predicted octanol–water partition coefficient (Wildman–Crippen LogP) is 4.08. The molecule has 0 saturated heterocycles. The second-order valence-electron chi connectivity index (χ2n) is 5.15. The molecule has 5 nitrogen and oxygen atoms in total. The van der Waals surface area contributed by atoms with Crippen LogP contribution < -0.4 is 15.4 Å². The van der Waals surface area contributed by atoms with Crippen LogP contribution in [0.5, 0.6) is 5.75 Å². The van der Waals surface area contributed by atoms with Gasteiger partial charge in [-0.3, -0.25) is 10.1 Å². The molecule has 0 spiro atoms. The molecule has 0 unspecified atom stereocenters. The number of methoxy groups -OCH3 is 1. The van der Waals surface area contributed by atoms with Crippen LogP contribution >= 0.6 is 23.6 Å². The lowest BCUT2D eigenvalue weighted by molar-refractivity contribution is 0.0974. The van der Waals surface area contributed by atoms with Crippen LogP contribution in [0.25, 0.3) is 11.3 Å². The Hall–Kier alpha value is -2.84. The van der Waals surface area contributed by atoms with Crippen LogP contribution in [0, 0.1) is 5.82 Å². The summed E-state index contributed by atoms with van der Waals surface area (Å²) < 4.78 is 18.7. The second-order valence-corrected chi connectivity index (χ2v) is 6.42. The summed E-state index contributed by atoms with van der Waals surface area (Å²) in [5, 5.41) is 7.71. The van der Waals surface area contributed by atoms with Crippen LogP contribution in [-0.4, -0.2) is 23.1 Å². The number of anilines is 1. The third-order valence-corrected chi connectivity index (χ3v) is 4.42. The van der Waals surface area contributed by atoms with Gasteiger partial charge in [0.1, 0.15) is 11.6 Å². The smallest absolute Gasteiger partial charge is 0.260 e. The molecule has 0 radical (unpaired) electrons. The summed E-state index contributed by atoms with van der Waals surface area (Å²) in [5.74, 6) is -0.462. The lowest BCUT2D eigenvalue weighted by Gasteiger charge is -2.07. The quantitative estimate of drug-likeness (QED) is 0.661. The summed E-state index contributed by atoms with van der Waals surface area (Å²) in [6, 6.07) is 13.2. The Morgan fingerprint density at radius 2 is 1.92 bits per heavy atom. The van der Waals surface area contributed by atoms with Crippen LogP contribution in [0.2, 0.25) is 0 Å². The molecule has 1 aromatic heterocycles. The van der Waals surface area contributed by atoms with Gasteiger partial charge in [-0.25, -0.2) is 9.37 Å². The van der Waals surface area contributed by atoms with Gasteiger partial charge in [0, 0.05) is 10.9 Å². The number of ether oxygens (including phenoxy) is 1. The van der Waals surface area contributed by atoms with Gasteiger partial charge in [-0.05, 0) is 48.6 Å². The fourth-order valence-electron chi connectivity index (χ4n) is 2.17. The van der Waals surface area contributed by atoms with E-state index in [9.17, 15) is 9.18 Å². The summed E-state index contributed by atoms with van der Waals surface area (Å²) in [7, 11) is 1.61. The monoisotopic (exact) mass is 387 g/mol. The van der Waals surface area contributed by atoms with E-state index in [2.05, 4.69) is 15.6 Å². The van der Waals surface area contributed by atoms with Crippen LogP contribution in [0.3, 0.4) is 0 Å². The highest BCUT2D eigenvalue weighted by molar-refractivity contribution is 7.80. The zero-order valence-corrected chi connectivity index (χ0v) is 15.3.